The normalized spacial score (nSPS) is 29.6. The minimum atomic E-state index is -1.16. The summed E-state index contributed by atoms with van der Waals surface area (Å²) in [6, 6.07) is 0. The SMILES string of the molecule is CC1CCCCC1OC(=O)[C@@H](O)CN. The molecular weight excluding hydrogens is 182 g/mol. The van der Waals surface area contributed by atoms with E-state index in [1.807, 2.05) is 0 Å². The molecule has 1 saturated carbocycles. The van der Waals surface area contributed by atoms with Gasteiger partial charge in [0.05, 0.1) is 0 Å². The predicted molar refractivity (Wildman–Crippen MR) is 52.6 cm³/mol. The summed E-state index contributed by atoms with van der Waals surface area (Å²) < 4.78 is 5.19. The first-order valence-corrected chi connectivity index (χ1v) is 5.23. The molecule has 82 valence electrons. The molecule has 4 nitrogen and oxygen atoms in total. The molecule has 1 rings (SSSR count). The van der Waals surface area contributed by atoms with Crippen LogP contribution in [0.2, 0.25) is 0 Å². The van der Waals surface area contributed by atoms with E-state index in [1.54, 1.807) is 0 Å². The third-order valence-electron chi connectivity index (χ3n) is 2.80. The zero-order valence-corrected chi connectivity index (χ0v) is 8.61. The summed E-state index contributed by atoms with van der Waals surface area (Å²) in [6.45, 7) is 2.01. The molecule has 0 aromatic rings. The van der Waals surface area contributed by atoms with Crippen molar-refractivity contribution in [2.75, 3.05) is 6.54 Å². The number of hydrogen-bond acceptors (Lipinski definition) is 4. The van der Waals surface area contributed by atoms with E-state index in [-0.39, 0.29) is 12.6 Å². The predicted octanol–water partition coefficient (Wildman–Crippen LogP) is 0.428. The van der Waals surface area contributed by atoms with Crippen LogP contribution in [0.15, 0.2) is 0 Å². The van der Waals surface area contributed by atoms with Crippen LogP contribution in [0, 0.1) is 5.92 Å². The van der Waals surface area contributed by atoms with Gasteiger partial charge in [-0.05, 0) is 25.2 Å². The molecule has 0 aliphatic heterocycles. The maximum Gasteiger partial charge on any atom is 0.336 e. The third kappa shape index (κ3) is 2.96. The minimum absolute atomic E-state index is 0.0301. The highest BCUT2D eigenvalue weighted by Crippen LogP contribution is 2.26. The number of ether oxygens (including phenoxy) is 1. The van der Waals surface area contributed by atoms with Crippen molar-refractivity contribution >= 4 is 5.97 Å². The number of hydrogen-bond donors (Lipinski definition) is 2. The Balaban J connectivity index is 2.38. The Morgan fingerprint density at radius 1 is 1.57 bits per heavy atom. The molecule has 3 N–H and O–H groups in total. The van der Waals surface area contributed by atoms with Crippen molar-refractivity contribution in [3.63, 3.8) is 0 Å². The highest BCUT2D eigenvalue weighted by atomic mass is 16.6. The van der Waals surface area contributed by atoms with Gasteiger partial charge in [-0.15, -0.1) is 0 Å². The van der Waals surface area contributed by atoms with Crippen LogP contribution in [-0.4, -0.2) is 29.8 Å². The molecule has 0 radical (unpaired) electrons. The summed E-state index contributed by atoms with van der Waals surface area (Å²) in [5.41, 5.74) is 5.16. The highest BCUT2D eigenvalue weighted by Gasteiger charge is 2.26. The monoisotopic (exact) mass is 201 g/mol. The van der Waals surface area contributed by atoms with Gasteiger partial charge in [-0.2, -0.15) is 0 Å². The number of carbonyl (C=O) groups is 1. The van der Waals surface area contributed by atoms with E-state index in [2.05, 4.69) is 6.92 Å². The second-order valence-corrected chi connectivity index (χ2v) is 3.99. The molecule has 1 aliphatic carbocycles. The van der Waals surface area contributed by atoms with Crippen LogP contribution in [0.1, 0.15) is 32.6 Å². The van der Waals surface area contributed by atoms with Gasteiger partial charge in [-0.25, -0.2) is 4.79 Å². The van der Waals surface area contributed by atoms with Gasteiger partial charge in [-0.1, -0.05) is 13.3 Å². The van der Waals surface area contributed by atoms with Gasteiger partial charge in [0, 0.05) is 6.54 Å². The molecule has 0 spiro atoms. The number of aliphatic hydroxyl groups is 1. The Kier molecular flexibility index (Phi) is 4.35. The van der Waals surface area contributed by atoms with Gasteiger partial charge >= 0.3 is 5.97 Å². The molecule has 0 heterocycles. The van der Waals surface area contributed by atoms with Gasteiger partial charge in [0.1, 0.15) is 6.10 Å². The molecule has 1 aliphatic rings. The maximum atomic E-state index is 11.2. The lowest BCUT2D eigenvalue weighted by atomic mass is 9.88. The fraction of sp³-hybridized carbons (Fsp3) is 0.900. The highest BCUT2D eigenvalue weighted by molar-refractivity contribution is 5.74. The van der Waals surface area contributed by atoms with Crippen molar-refractivity contribution in [2.45, 2.75) is 44.8 Å². The van der Waals surface area contributed by atoms with Crippen molar-refractivity contribution in [2.24, 2.45) is 11.7 Å². The molecular formula is C10H19NO3. The van der Waals surface area contributed by atoms with Crippen LogP contribution in [0.25, 0.3) is 0 Å². The standard InChI is InChI=1S/C10H19NO3/c1-7-4-2-3-5-9(7)14-10(13)8(12)6-11/h7-9,12H,2-6,11H2,1H3/t7?,8-,9?/m0/s1. The largest absolute Gasteiger partial charge is 0.460 e. The van der Waals surface area contributed by atoms with E-state index in [9.17, 15) is 4.79 Å². The van der Waals surface area contributed by atoms with Crippen LogP contribution in [0.5, 0.6) is 0 Å². The fourth-order valence-corrected chi connectivity index (χ4v) is 1.78. The molecule has 2 unspecified atom stereocenters. The lowest BCUT2D eigenvalue weighted by molar-refractivity contribution is -0.162. The molecule has 4 heteroatoms. The third-order valence-corrected chi connectivity index (χ3v) is 2.80. The fourth-order valence-electron chi connectivity index (χ4n) is 1.78. The van der Waals surface area contributed by atoms with Crippen molar-refractivity contribution in [1.29, 1.82) is 0 Å². The Hall–Kier alpha value is -0.610. The van der Waals surface area contributed by atoms with Gasteiger partial charge in [-0.3, -0.25) is 0 Å². The molecule has 1 fully saturated rings. The summed E-state index contributed by atoms with van der Waals surface area (Å²) in [4.78, 5) is 11.2. The second-order valence-electron chi connectivity index (χ2n) is 3.99. The van der Waals surface area contributed by atoms with Gasteiger partial charge in [0.25, 0.3) is 0 Å². The molecule has 0 aromatic carbocycles. The van der Waals surface area contributed by atoms with Gasteiger partial charge in [0.15, 0.2) is 6.10 Å². The van der Waals surface area contributed by atoms with Gasteiger partial charge in [0.2, 0.25) is 0 Å². The molecule has 0 amide bonds. The van der Waals surface area contributed by atoms with E-state index >= 15 is 0 Å². The number of aliphatic hydroxyl groups excluding tert-OH is 1. The van der Waals surface area contributed by atoms with Crippen LogP contribution in [0.4, 0.5) is 0 Å². The van der Waals surface area contributed by atoms with Crippen LogP contribution >= 0.6 is 0 Å². The van der Waals surface area contributed by atoms with Crippen molar-refractivity contribution in [3.8, 4) is 0 Å². The van der Waals surface area contributed by atoms with Crippen molar-refractivity contribution in [1.82, 2.24) is 0 Å². The van der Waals surface area contributed by atoms with E-state index < -0.39 is 12.1 Å². The van der Waals surface area contributed by atoms with Crippen LogP contribution in [-0.2, 0) is 9.53 Å². The van der Waals surface area contributed by atoms with Crippen LogP contribution < -0.4 is 5.73 Å². The second kappa shape index (κ2) is 5.32. The van der Waals surface area contributed by atoms with E-state index in [0.717, 1.165) is 19.3 Å². The zero-order valence-electron chi connectivity index (χ0n) is 8.61. The zero-order chi connectivity index (χ0) is 10.6. The molecule has 14 heavy (non-hydrogen) atoms. The van der Waals surface area contributed by atoms with E-state index in [0.29, 0.717) is 5.92 Å². The number of carbonyl (C=O) groups excluding carboxylic acids is 1. The summed E-state index contributed by atoms with van der Waals surface area (Å²) >= 11 is 0. The Labute approximate surface area is 84.4 Å². The van der Waals surface area contributed by atoms with E-state index in [4.69, 9.17) is 15.6 Å². The first kappa shape index (κ1) is 11.5. The number of esters is 1. The maximum absolute atomic E-state index is 11.2. The molecule has 0 bridgehead atoms. The Morgan fingerprint density at radius 3 is 2.79 bits per heavy atom. The lowest BCUT2D eigenvalue weighted by Gasteiger charge is -2.28. The molecule has 0 saturated heterocycles. The average molecular weight is 201 g/mol. The summed E-state index contributed by atoms with van der Waals surface area (Å²) in [5, 5.41) is 9.14. The van der Waals surface area contributed by atoms with Crippen molar-refractivity contribution in [3.05, 3.63) is 0 Å². The average Bonchev–Trinajstić information content (AvgIpc) is 2.20. The summed E-state index contributed by atoms with van der Waals surface area (Å²) in [6.07, 6.45) is 3.11. The van der Waals surface area contributed by atoms with Gasteiger partial charge < -0.3 is 15.6 Å². The lowest BCUT2D eigenvalue weighted by Crippen LogP contribution is -2.36. The first-order chi connectivity index (χ1) is 6.65. The topological polar surface area (TPSA) is 72.5 Å². The van der Waals surface area contributed by atoms with E-state index in [1.165, 1.54) is 6.42 Å². The minimum Gasteiger partial charge on any atom is -0.460 e. The Bertz CT molecular complexity index is 196. The molecule has 3 atom stereocenters. The summed E-state index contributed by atoms with van der Waals surface area (Å²) in [7, 11) is 0. The first-order valence-electron chi connectivity index (χ1n) is 5.23. The smallest absolute Gasteiger partial charge is 0.336 e. The number of rotatable bonds is 3. The van der Waals surface area contributed by atoms with Crippen LogP contribution in [0.3, 0.4) is 0 Å². The number of nitrogens with two attached hydrogens (primary N) is 1. The quantitative estimate of drug-likeness (QED) is 0.649. The Morgan fingerprint density at radius 2 is 2.21 bits per heavy atom. The summed E-state index contributed by atoms with van der Waals surface area (Å²) in [5.74, 6) is -0.177. The van der Waals surface area contributed by atoms with Crippen molar-refractivity contribution < 1.29 is 14.6 Å². The molecule has 0 aromatic heterocycles.